The van der Waals surface area contributed by atoms with Crippen molar-refractivity contribution in [2.75, 3.05) is 6.54 Å². The van der Waals surface area contributed by atoms with Gasteiger partial charge in [0.05, 0.1) is 18.7 Å². The second-order valence-corrected chi connectivity index (χ2v) is 3.38. The number of hydrogen-bond acceptors (Lipinski definition) is 2. The molecule has 2 rings (SSSR count). The van der Waals surface area contributed by atoms with E-state index in [1.807, 2.05) is 24.3 Å². The van der Waals surface area contributed by atoms with Gasteiger partial charge in [0.25, 0.3) is 0 Å². The minimum absolute atomic E-state index is 0.121. The van der Waals surface area contributed by atoms with Crippen LogP contribution in [-0.2, 0) is 11.3 Å². The molecule has 76 valence electrons. The maximum Gasteiger partial charge on any atom is 0.407 e. The molecule has 1 aliphatic heterocycles. The summed E-state index contributed by atoms with van der Waals surface area (Å²) in [5, 5.41) is 8.86. The summed E-state index contributed by atoms with van der Waals surface area (Å²) in [5.74, 6) is 1.81. The third kappa shape index (κ3) is 1.63. The van der Waals surface area contributed by atoms with Gasteiger partial charge in [0, 0.05) is 0 Å². The normalized spacial score (nSPS) is 14.4. The van der Waals surface area contributed by atoms with E-state index in [1.54, 1.807) is 5.94 Å². The molecular weight excluding hydrogens is 194 g/mol. The van der Waals surface area contributed by atoms with E-state index in [0.717, 1.165) is 11.1 Å². The molecular formula is C11H9NO3. The summed E-state index contributed by atoms with van der Waals surface area (Å²) in [6.45, 7) is 0.451. The van der Waals surface area contributed by atoms with E-state index in [9.17, 15) is 9.59 Å². The lowest BCUT2D eigenvalue weighted by molar-refractivity contribution is 0.147. The first-order valence-electron chi connectivity index (χ1n) is 4.52. The third-order valence-electron chi connectivity index (χ3n) is 2.45. The van der Waals surface area contributed by atoms with E-state index in [0.29, 0.717) is 12.1 Å². The minimum Gasteiger partial charge on any atom is -0.465 e. The van der Waals surface area contributed by atoms with Gasteiger partial charge in [-0.3, -0.25) is 4.90 Å². The summed E-state index contributed by atoms with van der Waals surface area (Å²) < 4.78 is 0. The van der Waals surface area contributed by atoms with Crippen molar-refractivity contribution in [2.45, 2.75) is 6.54 Å². The molecule has 0 unspecified atom stereocenters. The first kappa shape index (κ1) is 9.49. The average molecular weight is 203 g/mol. The Labute approximate surface area is 86.4 Å². The fourth-order valence-corrected chi connectivity index (χ4v) is 1.71. The second-order valence-electron chi connectivity index (χ2n) is 3.38. The smallest absolute Gasteiger partial charge is 0.407 e. The molecule has 0 saturated carbocycles. The molecule has 1 aromatic rings. The van der Waals surface area contributed by atoms with Crippen LogP contribution in [-0.4, -0.2) is 28.6 Å². The summed E-state index contributed by atoms with van der Waals surface area (Å²) in [4.78, 5) is 22.7. The third-order valence-corrected chi connectivity index (χ3v) is 2.45. The number of amides is 1. The molecule has 15 heavy (non-hydrogen) atoms. The van der Waals surface area contributed by atoms with E-state index in [1.165, 1.54) is 4.90 Å². The Kier molecular flexibility index (Phi) is 2.27. The summed E-state index contributed by atoms with van der Waals surface area (Å²) in [6.07, 6.45) is -1.02. The first-order valence-corrected chi connectivity index (χ1v) is 4.52. The first-order chi connectivity index (χ1) is 7.22. The Balaban J connectivity index is 2.47. The highest BCUT2D eigenvalue weighted by atomic mass is 16.4. The van der Waals surface area contributed by atoms with Crippen LogP contribution in [0.5, 0.6) is 0 Å². The Morgan fingerprint density at radius 3 is 2.73 bits per heavy atom. The van der Waals surface area contributed by atoms with Crippen molar-refractivity contribution in [1.82, 2.24) is 4.90 Å². The molecule has 0 aromatic heterocycles. The number of hydrogen-bond donors (Lipinski definition) is 1. The van der Waals surface area contributed by atoms with Crippen molar-refractivity contribution in [3.05, 3.63) is 35.4 Å². The molecule has 1 amide bonds. The van der Waals surface area contributed by atoms with Gasteiger partial charge in [-0.15, -0.1) is 0 Å². The van der Waals surface area contributed by atoms with Crippen LogP contribution >= 0.6 is 0 Å². The van der Waals surface area contributed by atoms with Crippen LogP contribution in [0.4, 0.5) is 4.79 Å². The van der Waals surface area contributed by atoms with Crippen LogP contribution in [0.1, 0.15) is 11.1 Å². The van der Waals surface area contributed by atoms with Gasteiger partial charge in [-0.25, -0.2) is 9.59 Å². The predicted octanol–water partition coefficient (Wildman–Crippen LogP) is 1.40. The molecule has 1 N–H and O–H groups in total. The molecule has 0 saturated heterocycles. The standard InChI is InChI=1S/C11H9NO3/c13-7-9-6-12(11(14)15)5-8-3-1-2-4-10(8)9/h1-4H,5-6H2,(H,14,15). The van der Waals surface area contributed by atoms with Gasteiger partial charge in [0.15, 0.2) is 0 Å². The number of benzene rings is 1. The largest absolute Gasteiger partial charge is 0.465 e. The van der Waals surface area contributed by atoms with E-state index in [4.69, 9.17) is 5.11 Å². The van der Waals surface area contributed by atoms with Gasteiger partial charge < -0.3 is 5.11 Å². The Morgan fingerprint density at radius 1 is 1.33 bits per heavy atom. The fourth-order valence-electron chi connectivity index (χ4n) is 1.71. The van der Waals surface area contributed by atoms with Crippen LogP contribution in [0.25, 0.3) is 5.57 Å². The second kappa shape index (κ2) is 3.59. The molecule has 0 bridgehead atoms. The van der Waals surface area contributed by atoms with Gasteiger partial charge in [0.2, 0.25) is 0 Å². The lowest BCUT2D eigenvalue weighted by Crippen LogP contribution is -2.34. The van der Waals surface area contributed by atoms with Crippen LogP contribution in [0.3, 0.4) is 0 Å². The predicted molar refractivity (Wildman–Crippen MR) is 54.0 cm³/mol. The molecule has 0 atom stereocenters. The Hall–Kier alpha value is -2.06. The SMILES string of the molecule is O=C=C1CN(C(=O)O)Cc2ccccc21. The van der Waals surface area contributed by atoms with Crippen molar-refractivity contribution >= 4 is 17.6 Å². The van der Waals surface area contributed by atoms with Gasteiger partial charge in [-0.2, -0.15) is 0 Å². The lowest BCUT2D eigenvalue weighted by atomic mass is 9.96. The molecule has 1 aliphatic rings. The highest BCUT2D eigenvalue weighted by Crippen LogP contribution is 2.25. The molecule has 1 aromatic carbocycles. The monoisotopic (exact) mass is 203 g/mol. The van der Waals surface area contributed by atoms with Crippen molar-refractivity contribution in [3.8, 4) is 0 Å². The zero-order chi connectivity index (χ0) is 10.8. The molecule has 1 heterocycles. The van der Waals surface area contributed by atoms with Crippen molar-refractivity contribution in [1.29, 1.82) is 0 Å². The van der Waals surface area contributed by atoms with E-state index < -0.39 is 6.09 Å². The minimum atomic E-state index is -1.02. The van der Waals surface area contributed by atoms with Gasteiger partial charge >= 0.3 is 6.09 Å². The number of carbonyl (C=O) groups is 1. The summed E-state index contributed by atoms with van der Waals surface area (Å²) in [6, 6.07) is 7.29. The lowest BCUT2D eigenvalue weighted by Gasteiger charge is -2.26. The Bertz CT molecular complexity index is 461. The van der Waals surface area contributed by atoms with E-state index >= 15 is 0 Å². The zero-order valence-electron chi connectivity index (χ0n) is 7.93. The van der Waals surface area contributed by atoms with Crippen LogP contribution in [0.2, 0.25) is 0 Å². The van der Waals surface area contributed by atoms with Crippen molar-refractivity contribution in [2.24, 2.45) is 0 Å². The highest BCUT2D eigenvalue weighted by molar-refractivity contribution is 5.91. The summed E-state index contributed by atoms with van der Waals surface area (Å²) in [7, 11) is 0. The van der Waals surface area contributed by atoms with E-state index in [-0.39, 0.29) is 6.54 Å². The summed E-state index contributed by atoms with van der Waals surface area (Å²) >= 11 is 0. The van der Waals surface area contributed by atoms with Crippen molar-refractivity contribution < 1.29 is 14.7 Å². The van der Waals surface area contributed by atoms with Gasteiger partial charge in [-0.05, 0) is 11.1 Å². The number of carboxylic acid groups (broad SMARTS) is 1. The maximum atomic E-state index is 10.8. The molecule has 0 aliphatic carbocycles. The zero-order valence-corrected chi connectivity index (χ0v) is 7.93. The molecule has 0 radical (unpaired) electrons. The quantitative estimate of drug-likeness (QED) is 0.648. The number of nitrogens with zero attached hydrogens (tertiary/aromatic N) is 1. The van der Waals surface area contributed by atoms with Gasteiger partial charge in [0.1, 0.15) is 5.94 Å². The molecule has 0 spiro atoms. The Morgan fingerprint density at radius 2 is 2.07 bits per heavy atom. The van der Waals surface area contributed by atoms with Crippen LogP contribution in [0, 0.1) is 0 Å². The van der Waals surface area contributed by atoms with Crippen LogP contribution < -0.4 is 0 Å². The summed E-state index contributed by atoms with van der Waals surface area (Å²) in [5.41, 5.74) is 2.06. The maximum absolute atomic E-state index is 10.8. The number of carbonyl (C=O) groups excluding carboxylic acids is 1. The van der Waals surface area contributed by atoms with Gasteiger partial charge in [-0.1, -0.05) is 24.3 Å². The highest BCUT2D eigenvalue weighted by Gasteiger charge is 2.23. The fraction of sp³-hybridized carbons (Fsp3) is 0.182. The number of rotatable bonds is 0. The topological polar surface area (TPSA) is 57.6 Å². The molecule has 0 fully saturated rings. The van der Waals surface area contributed by atoms with Crippen molar-refractivity contribution in [3.63, 3.8) is 0 Å². The van der Waals surface area contributed by atoms with E-state index in [2.05, 4.69) is 0 Å². The molecule has 4 nitrogen and oxygen atoms in total. The number of fused-ring (bicyclic) bond motifs is 1. The van der Waals surface area contributed by atoms with Crippen LogP contribution in [0.15, 0.2) is 24.3 Å². The molecule has 4 heteroatoms. The average Bonchev–Trinajstić information content (AvgIpc) is 2.27.